The fraction of sp³-hybridized carbons (Fsp3) is 0.333. The van der Waals surface area contributed by atoms with Crippen molar-refractivity contribution in [3.05, 3.63) is 62.7 Å². The standard InChI is InChI=1S/C18H22INO/c1-12(2)21-16-11-6-5-9-14(16)18(20-4)15-10-7-8-13(3)17(15)19/h5-12,18,20H,1-4H3. The first kappa shape index (κ1) is 16.3. The van der Waals surface area contributed by atoms with E-state index in [-0.39, 0.29) is 12.1 Å². The van der Waals surface area contributed by atoms with Crippen molar-refractivity contribution in [1.29, 1.82) is 0 Å². The van der Waals surface area contributed by atoms with Crippen molar-refractivity contribution in [3.63, 3.8) is 0 Å². The molecule has 0 amide bonds. The fourth-order valence-electron chi connectivity index (χ4n) is 2.45. The van der Waals surface area contributed by atoms with Gasteiger partial charge in [0.05, 0.1) is 12.1 Å². The lowest BCUT2D eigenvalue weighted by Gasteiger charge is -2.23. The summed E-state index contributed by atoms with van der Waals surface area (Å²) in [4.78, 5) is 0. The van der Waals surface area contributed by atoms with Gasteiger partial charge >= 0.3 is 0 Å². The lowest BCUT2D eigenvalue weighted by atomic mass is 9.96. The molecule has 2 aromatic carbocycles. The highest BCUT2D eigenvalue weighted by Crippen LogP contribution is 2.33. The van der Waals surface area contributed by atoms with Gasteiger partial charge in [0.2, 0.25) is 0 Å². The average Bonchev–Trinajstić information content (AvgIpc) is 2.45. The van der Waals surface area contributed by atoms with E-state index in [4.69, 9.17) is 4.74 Å². The Bertz CT molecular complexity index is 610. The first-order valence-corrected chi connectivity index (χ1v) is 8.30. The van der Waals surface area contributed by atoms with Crippen LogP contribution in [0.25, 0.3) is 0 Å². The molecule has 1 atom stereocenters. The normalized spacial score (nSPS) is 12.5. The van der Waals surface area contributed by atoms with Crippen molar-refractivity contribution in [2.45, 2.75) is 32.9 Å². The van der Waals surface area contributed by atoms with Gasteiger partial charge in [-0.3, -0.25) is 0 Å². The summed E-state index contributed by atoms with van der Waals surface area (Å²) < 4.78 is 7.28. The summed E-state index contributed by atoms with van der Waals surface area (Å²) in [7, 11) is 2.00. The Morgan fingerprint density at radius 2 is 1.67 bits per heavy atom. The van der Waals surface area contributed by atoms with E-state index in [2.05, 4.69) is 79.0 Å². The molecule has 2 rings (SSSR count). The van der Waals surface area contributed by atoms with Crippen molar-refractivity contribution < 1.29 is 4.74 Å². The van der Waals surface area contributed by atoms with E-state index in [9.17, 15) is 0 Å². The van der Waals surface area contributed by atoms with E-state index in [0.717, 1.165) is 5.75 Å². The van der Waals surface area contributed by atoms with Crippen LogP contribution in [0.2, 0.25) is 0 Å². The third-order valence-electron chi connectivity index (χ3n) is 3.41. The van der Waals surface area contributed by atoms with Gasteiger partial charge < -0.3 is 10.1 Å². The second-order valence-corrected chi connectivity index (χ2v) is 6.48. The minimum atomic E-state index is 0.131. The van der Waals surface area contributed by atoms with Crippen LogP contribution in [0.1, 0.15) is 36.6 Å². The number of aryl methyl sites for hydroxylation is 1. The highest BCUT2D eigenvalue weighted by atomic mass is 127. The minimum Gasteiger partial charge on any atom is -0.491 e. The molecule has 3 heteroatoms. The first-order chi connectivity index (χ1) is 10.0. The van der Waals surface area contributed by atoms with Crippen molar-refractivity contribution in [2.24, 2.45) is 0 Å². The number of benzene rings is 2. The second-order valence-electron chi connectivity index (χ2n) is 5.40. The summed E-state index contributed by atoms with van der Waals surface area (Å²) in [6.45, 7) is 6.26. The van der Waals surface area contributed by atoms with Gasteiger partial charge in [-0.2, -0.15) is 0 Å². The van der Waals surface area contributed by atoms with E-state index >= 15 is 0 Å². The Balaban J connectivity index is 2.49. The molecule has 2 aromatic rings. The molecular formula is C18H22INO. The Labute approximate surface area is 141 Å². The second kappa shape index (κ2) is 7.27. The summed E-state index contributed by atoms with van der Waals surface area (Å²) in [5, 5.41) is 3.43. The number of para-hydroxylation sites is 1. The molecule has 21 heavy (non-hydrogen) atoms. The molecule has 112 valence electrons. The van der Waals surface area contributed by atoms with Gasteiger partial charge in [0.25, 0.3) is 0 Å². The van der Waals surface area contributed by atoms with Gasteiger partial charge in [-0.25, -0.2) is 0 Å². The molecule has 0 saturated heterocycles. The van der Waals surface area contributed by atoms with Crippen LogP contribution in [0, 0.1) is 10.5 Å². The van der Waals surface area contributed by atoms with Gasteiger partial charge in [-0.15, -0.1) is 0 Å². The topological polar surface area (TPSA) is 21.3 Å². The lowest BCUT2D eigenvalue weighted by Crippen LogP contribution is -2.20. The summed E-state index contributed by atoms with van der Waals surface area (Å²) >= 11 is 2.43. The van der Waals surface area contributed by atoms with Crippen LogP contribution >= 0.6 is 22.6 Å². The van der Waals surface area contributed by atoms with Crippen LogP contribution in [-0.4, -0.2) is 13.2 Å². The number of hydrogen-bond acceptors (Lipinski definition) is 2. The van der Waals surface area contributed by atoms with Crippen LogP contribution in [0.5, 0.6) is 5.75 Å². The lowest BCUT2D eigenvalue weighted by molar-refractivity contribution is 0.238. The highest BCUT2D eigenvalue weighted by molar-refractivity contribution is 14.1. The van der Waals surface area contributed by atoms with Crippen LogP contribution in [-0.2, 0) is 0 Å². The predicted molar refractivity (Wildman–Crippen MR) is 97.0 cm³/mol. The third kappa shape index (κ3) is 3.77. The van der Waals surface area contributed by atoms with Crippen LogP contribution in [0.3, 0.4) is 0 Å². The molecule has 0 aliphatic carbocycles. The van der Waals surface area contributed by atoms with E-state index < -0.39 is 0 Å². The Morgan fingerprint density at radius 3 is 2.33 bits per heavy atom. The monoisotopic (exact) mass is 395 g/mol. The fourth-order valence-corrected chi connectivity index (χ4v) is 3.12. The zero-order chi connectivity index (χ0) is 15.4. The van der Waals surface area contributed by atoms with Crippen LogP contribution in [0.15, 0.2) is 42.5 Å². The van der Waals surface area contributed by atoms with E-state index in [1.807, 2.05) is 19.2 Å². The number of nitrogens with one attached hydrogen (secondary N) is 1. The minimum absolute atomic E-state index is 0.131. The molecule has 0 aliphatic heterocycles. The Morgan fingerprint density at radius 1 is 1.00 bits per heavy atom. The quantitative estimate of drug-likeness (QED) is 0.742. The largest absolute Gasteiger partial charge is 0.491 e. The first-order valence-electron chi connectivity index (χ1n) is 7.22. The Kier molecular flexibility index (Phi) is 5.65. The van der Waals surface area contributed by atoms with Gasteiger partial charge in [0, 0.05) is 9.13 Å². The summed E-state index contributed by atoms with van der Waals surface area (Å²) in [5.74, 6) is 0.948. The molecule has 1 N–H and O–H groups in total. The van der Waals surface area contributed by atoms with E-state index in [1.165, 1.54) is 20.3 Å². The number of hydrogen-bond donors (Lipinski definition) is 1. The summed E-state index contributed by atoms with van der Waals surface area (Å²) in [6, 6.07) is 14.8. The highest BCUT2D eigenvalue weighted by Gasteiger charge is 2.19. The maximum Gasteiger partial charge on any atom is 0.124 e. The van der Waals surface area contributed by atoms with Crippen LogP contribution < -0.4 is 10.1 Å². The summed E-state index contributed by atoms with van der Waals surface area (Å²) in [6.07, 6.45) is 0.167. The van der Waals surface area contributed by atoms with Gasteiger partial charge in [0.15, 0.2) is 0 Å². The van der Waals surface area contributed by atoms with Crippen molar-refractivity contribution in [1.82, 2.24) is 5.32 Å². The summed E-state index contributed by atoms with van der Waals surface area (Å²) in [5.41, 5.74) is 3.77. The van der Waals surface area contributed by atoms with Gasteiger partial charge in [-0.05, 0) is 67.6 Å². The zero-order valence-corrected chi connectivity index (χ0v) is 15.1. The van der Waals surface area contributed by atoms with Gasteiger partial charge in [0.1, 0.15) is 5.75 Å². The van der Waals surface area contributed by atoms with Crippen molar-refractivity contribution in [3.8, 4) is 5.75 Å². The maximum absolute atomic E-state index is 5.98. The molecular weight excluding hydrogens is 373 g/mol. The molecule has 1 unspecified atom stereocenters. The predicted octanol–water partition coefficient (Wildman–Crippen LogP) is 4.70. The van der Waals surface area contributed by atoms with Gasteiger partial charge in [-0.1, -0.05) is 36.4 Å². The smallest absolute Gasteiger partial charge is 0.124 e. The molecule has 0 heterocycles. The molecule has 0 aliphatic rings. The molecule has 0 bridgehead atoms. The van der Waals surface area contributed by atoms with E-state index in [0.29, 0.717) is 0 Å². The Hall–Kier alpha value is -1.07. The maximum atomic E-state index is 5.98. The number of halogens is 1. The zero-order valence-electron chi connectivity index (χ0n) is 13.0. The van der Waals surface area contributed by atoms with E-state index in [1.54, 1.807) is 0 Å². The molecule has 0 saturated carbocycles. The SMILES string of the molecule is CNC(c1ccccc1OC(C)C)c1cccc(C)c1I. The van der Waals surface area contributed by atoms with Crippen molar-refractivity contribution in [2.75, 3.05) is 7.05 Å². The molecule has 0 aromatic heterocycles. The van der Waals surface area contributed by atoms with Crippen LogP contribution in [0.4, 0.5) is 0 Å². The number of ether oxygens (including phenoxy) is 1. The number of rotatable bonds is 5. The molecule has 0 spiro atoms. The third-order valence-corrected chi connectivity index (χ3v) is 4.89. The molecule has 0 fully saturated rings. The average molecular weight is 395 g/mol. The van der Waals surface area contributed by atoms with Crippen molar-refractivity contribution >= 4 is 22.6 Å². The molecule has 2 nitrogen and oxygen atoms in total. The molecule has 0 radical (unpaired) electrons.